The molecule has 0 spiro atoms. The van der Waals surface area contributed by atoms with Crippen LogP contribution >= 0.6 is 15.9 Å². The number of carbonyl (C=O) groups excluding carboxylic acids is 1. The van der Waals surface area contributed by atoms with Crippen LogP contribution in [0.25, 0.3) is 0 Å². The minimum Gasteiger partial charge on any atom is -0.364 e. The second kappa shape index (κ2) is 6.19. The second-order valence-corrected chi connectivity index (χ2v) is 5.89. The van der Waals surface area contributed by atoms with E-state index in [9.17, 15) is 27.5 Å². The van der Waals surface area contributed by atoms with Crippen LogP contribution in [-0.4, -0.2) is 50.1 Å². The number of carbonyl (C=O) groups is 1. The Labute approximate surface area is 136 Å². The number of halogens is 5. The summed E-state index contributed by atoms with van der Waals surface area (Å²) in [6, 6.07) is 0. The molecule has 1 aliphatic heterocycles. The molecule has 0 aromatic carbocycles. The molecule has 128 valence electrons. The Kier molecular flexibility index (Phi) is 4.81. The quantitative estimate of drug-likeness (QED) is 0.786. The first-order valence-corrected chi connectivity index (χ1v) is 7.25. The van der Waals surface area contributed by atoms with Gasteiger partial charge in [-0.2, -0.15) is 15.2 Å². The van der Waals surface area contributed by atoms with Gasteiger partial charge in [0.05, 0.1) is 15.9 Å². The Bertz CT molecular complexity index is 664. The number of hydrogen-bond donors (Lipinski definition) is 1. The van der Waals surface area contributed by atoms with Crippen molar-refractivity contribution in [1.29, 1.82) is 0 Å². The lowest BCUT2D eigenvalue weighted by Crippen LogP contribution is -2.52. The van der Waals surface area contributed by atoms with Crippen molar-refractivity contribution in [2.24, 2.45) is 5.10 Å². The predicted molar refractivity (Wildman–Crippen MR) is 75.3 cm³/mol. The summed E-state index contributed by atoms with van der Waals surface area (Å²) >= 11 is 3.24. The predicted octanol–water partition coefficient (Wildman–Crippen LogP) is 2.07. The molecule has 1 amide bonds. The van der Waals surface area contributed by atoms with E-state index in [1.165, 1.54) is 4.68 Å². The Morgan fingerprint density at radius 3 is 2.43 bits per heavy atom. The molecule has 0 radical (unpaired) electrons. The molecule has 0 bridgehead atoms. The fourth-order valence-corrected chi connectivity index (χ4v) is 2.46. The van der Waals surface area contributed by atoms with Crippen molar-refractivity contribution in [2.45, 2.75) is 45.4 Å². The van der Waals surface area contributed by atoms with Gasteiger partial charge in [0, 0.05) is 6.42 Å². The van der Waals surface area contributed by atoms with E-state index in [0.29, 0.717) is 15.9 Å². The fourth-order valence-electron chi connectivity index (χ4n) is 2.18. The van der Waals surface area contributed by atoms with E-state index in [0.717, 1.165) is 0 Å². The Morgan fingerprint density at radius 2 is 2.00 bits per heavy atom. The summed E-state index contributed by atoms with van der Waals surface area (Å²) in [5.74, 6) is -1.07. The van der Waals surface area contributed by atoms with Gasteiger partial charge in [0.2, 0.25) is 5.72 Å². The van der Waals surface area contributed by atoms with Crippen LogP contribution in [0.5, 0.6) is 0 Å². The summed E-state index contributed by atoms with van der Waals surface area (Å²) in [4.78, 5) is 12.2. The lowest BCUT2D eigenvalue weighted by Gasteiger charge is -2.30. The van der Waals surface area contributed by atoms with Crippen LogP contribution in [0.2, 0.25) is 0 Å². The van der Waals surface area contributed by atoms with E-state index in [4.69, 9.17) is 0 Å². The number of aliphatic hydroxyl groups is 1. The number of hydrazone groups is 1. The first-order chi connectivity index (χ1) is 10.6. The molecule has 1 N–H and O–H groups in total. The molecule has 1 aromatic heterocycles. The highest BCUT2D eigenvalue weighted by atomic mass is 79.9. The maximum absolute atomic E-state index is 13.1. The third-order valence-electron chi connectivity index (χ3n) is 3.45. The Balaban J connectivity index is 2.29. The number of alkyl halides is 4. The van der Waals surface area contributed by atoms with E-state index < -0.39 is 43.2 Å². The van der Waals surface area contributed by atoms with Crippen LogP contribution in [0, 0.1) is 13.8 Å². The van der Waals surface area contributed by atoms with E-state index in [1.54, 1.807) is 13.8 Å². The van der Waals surface area contributed by atoms with Crippen LogP contribution in [0.15, 0.2) is 9.57 Å². The minimum absolute atomic E-state index is 0.0313. The largest absolute Gasteiger partial charge is 0.364 e. The molecular formula is C12H13BrF4N4O2. The monoisotopic (exact) mass is 400 g/mol. The average Bonchev–Trinajstić information content (AvgIpc) is 2.94. The summed E-state index contributed by atoms with van der Waals surface area (Å²) in [6.45, 7) is 2.78. The summed E-state index contributed by atoms with van der Waals surface area (Å²) < 4.78 is 53.3. The number of rotatable bonds is 4. The Hall–Kier alpha value is -1.49. The molecular weight excluding hydrogens is 388 g/mol. The zero-order chi connectivity index (χ0) is 17.5. The first kappa shape index (κ1) is 17.9. The summed E-state index contributed by atoms with van der Waals surface area (Å²) in [6.07, 6.45) is -7.69. The molecule has 23 heavy (non-hydrogen) atoms. The molecule has 1 atom stereocenters. The van der Waals surface area contributed by atoms with Gasteiger partial charge in [-0.3, -0.25) is 9.48 Å². The van der Waals surface area contributed by atoms with Crippen LogP contribution < -0.4 is 0 Å². The molecule has 2 rings (SSSR count). The van der Waals surface area contributed by atoms with E-state index in [1.807, 2.05) is 0 Å². The number of amides is 1. The van der Waals surface area contributed by atoms with Crippen LogP contribution in [0.4, 0.5) is 17.6 Å². The zero-order valence-corrected chi connectivity index (χ0v) is 13.7. The van der Waals surface area contributed by atoms with Gasteiger partial charge in [-0.15, -0.1) is 0 Å². The highest BCUT2D eigenvalue weighted by molar-refractivity contribution is 9.10. The van der Waals surface area contributed by atoms with Gasteiger partial charge in [-0.1, -0.05) is 0 Å². The van der Waals surface area contributed by atoms with Gasteiger partial charge in [-0.05, 0) is 29.8 Å². The molecule has 11 heteroatoms. The second-order valence-electron chi connectivity index (χ2n) is 5.10. The molecule has 0 saturated carbocycles. The van der Waals surface area contributed by atoms with Gasteiger partial charge in [0.1, 0.15) is 12.3 Å². The van der Waals surface area contributed by atoms with Crippen molar-refractivity contribution in [3.63, 3.8) is 0 Å². The zero-order valence-electron chi connectivity index (χ0n) is 12.1. The molecule has 1 aliphatic rings. The van der Waals surface area contributed by atoms with Crippen molar-refractivity contribution >= 4 is 27.5 Å². The highest BCUT2D eigenvalue weighted by Gasteiger charge is 2.53. The van der Waals surface area contributed by atoms with Crippen LogP contribution in [-0.2, 0) is 11.3 Å². The van der Waals surface area contributed by atoms with Crippen molar-refractivity contribution < 1.29 is 27.5 Å². The van der Waals surface area contributed by atoms with Gasteiger partial charge in [-0.25, -0.2) is 17.6 Å². The van der Waals surface area contributed by atoms with Gasteiger partial charge >= 0.3 is 0 Å². The molecule has 6 nitrogen and oxygen atoms in total. The standard InChI is InChI=1S/C12H13BrF4N4O2/c1-5-9(13)6(2)20(18-5)4-8(22)21-12(23,11(16)17)3-7(19-21)10(14)15/h10-11,23H,3-4H2,1-2H3/t12-/m0/s1. The van der Waals surface area contributed by atoms with Gasteiger partial charge in [0.15, 0.2) is 0 Å². The molecule has 0 unspecified atom stereocenters. The van der Waals surface area contributed by atoms with Crippen LogP contribution in [0.3, 0.4) is 0 Å². The van der Waals surface area contributed by atoms with E-state index >= 15 is 0 Å². The highest BCUT2D eigenvalue weighted by Crippen LogP contribution is 2.33. The van der Waals surface area contributed by atoms with Crippen LogP contribution in [0.1, 0.15) is 17.8 Å². The SMILES string of the molecule is Cc1nn(CC(=O)N2N=C(C(F)F)C[C@]2(O)C(F)F)c(C)c1Br. The summed E-state index contributed by atoms with van der Waals surface area (Å²) in [5.41, 5.74) is -2.92. The lowest BCUT2D eigenvalue weighted by atomic mass is 10.1. The normalized spacial score (nSPS) is 21.5. The van der Waals surface area contributed by atoms with Gasteiger partial charge < -0.3 is 5.11 Å². The molecule has 2 heterocycles. The number of aromatic nitrogens is 2. The smallest absolute Gasteiger partial charge is 0.287 e. The van der Waals surface area contributed by atoms with Crippen molar-refractivity contribution in [2.75, 3.05) is 0 Å². The van der Waals surface area contributed by atoms with Crippen molar-refractivity contribution in [1.82, 2.24) is 14.8 Å². The molecule has 0 aliphatic carbocycles. The maximum Gasteiger partial charge on any atom is 0.287 e. The minimum atomic E-state index is -3.45. The first-order valence-electron chi connectivity index (χ1n) is 6.46. The number of hydrogen-bond acceptors (Lipinski definition) is 4. The molecule has 1 aromatic rings. The van der Waals surface area contributed by atoms with Crippen molar-refractivity contribution in [3.8, 4) is 0 Å². The number of aryl methyl sites for hydroxylation is 1. The fraction of sp³-hybridized carbons (Fsp3) is 0.583. The molecule has 0 fully saturated rings. The topological polar surface area (TPSA) is 70.7 Å². The Morgan fingerprint density at radius 1 is 1.39 bits per heavy atom. The lowest BCUT2D eigenvalue weighted by molar-refractivity contribution is -0.192. The van der Waals surface area contributed by atoms with E-state index in [-0.39, 0.29) is 5.01 Å². The maximum atomic E-state index is 13.1. The summed E-state index contributed by atoms with van der Waals surface area (Å²) in [7, 11) is 0. The third kappa shape index (κ3) is 3.11. The van der Waals surface area contributed by atoms with Gasteiger partial charge in [0.25, 0.3) is 18.8 Å². The number of nitrogens with zero attached hydrogens (tertiary/aromatic N) is 4. The van der Waals surface area contributed by atoms with Crippen molar-refractivity contribution in [3.05, 3.63) is 15.9 Å². The van der Waals surface area contributed by atoms with E-state index in [2.05, 4.69) is 26.1 Å². The molecule has 0 saturated heterocycles. The third-order valence-corrected chi connectivity index (χ3v) is 4.60. The average molecular weight is 401 g/mol. The summed E-state index contributed by atoms with van der Waals surface area (Å²) in [5, 5.41) is 17.1.